The number of hydrogen-bond acceptors (Lipinski definition) is 5. The molecule has 1 heterocycles. The van der Waals surface area contributed by atoms with Crippen LogP contribution >= 0.6 is 0 Å². The Kier molecular flexibility index (Phi) is 7.06. The highest BCUT2D eigenvalue weighted by Crippen LogP contribution is 2.38. The van der Waals surface area contributed by atoms with Gasteiger partial charge in [0.05, 0.1) is 9.79 Å². The first-order valence-electron chi connectivity index (χ1n) is 10.3. The second kappa shape index (κ2) is 9.46. The summed E-state index contributed by atoms with van der Waals surface area (Å²) in [5, 5.41) is 8.68. The molecule has 9 heteroatoms. The maximum Gasteiger partial charge on any atom is 0.269 e. The van der Waals surface area contributed by atoms with Crippen LogP contribution in [0.2, 0.25) is 0 Å². The van der Waals surface area contributed by atoms with Gasteiger partial charge >= 0.3 is 0 Å². The molecule has 1 aliphatic heterocycles. The Bertz CT molecular complexity index is 1370. The van der Waals surface area contributed by atoms with Crippen molar-refractivity contribution < 1.29 is 16.8 Å². The summed E-state index contributed by atoms with van der Waals surface area (Å²) in [6.45, 7) is 3.72. The minimum Gasteiger partial charge on any atom is -0.283 e. The molecule has 174 valence electrons. The molecule has 0 amide bonds. The van der Waals surface area contributed by atoms with Crippen molar-refractivity contribution in [3.8, 4) is 0 Å². The summed E-state index contributed by atoms with van der Waals surface area (Å²) in [6, 6.07) is 12.8. The zero-order valence-corrected chi connectivity index (χ0v) is 20.6. The predicted octanol–water partition coefficient (Wildman–Crippen LogP) is 4.16. The Balaban J connectivity index is 2.23. The zero-order valence-electron chi connectivity index (χ0n) is 19.0. The molecule has 0 aliphatic carbocycles. The first-order valence-corrected chi connectivity index (χ1v) is 13.1. The van der Waals surface area contributed by atoms with Gasteiger partial charge < -0.3 is 0 Å². The highest BCUT2D eigenvalue weighted by atomic mass is 32.2. The molecule has 2 aromatic carbocycles. The molecule has 2 aromatic rings. The number of hydrogen-bond donors (Lipinski definition) is 1. The molecule has 0 bridgehead atoms. The smallest absolute Gasteiger partial charge is 0.269 e. The van der Waals surface area contributed by atoms with Crippen LogP contribution in [0.3, 0.4) is 0 Å². The lowest BCUT2D eigenvalue weighted by Gasteiger charge is -2.17. The molecule has 0 fully saturated rings. The molecule has 0 aromatic heterocycles. The van der Waals surface area contributed by atoms with Crippen LogP contribution in [0.15, 0.2) is 88.3 Å². The molecule has 0 radical (unpaired) electrons. The SMILES string of the molecule is C/C=C\C/C=C1/C(=N)N(S(=O)(=O)c2ccc(C)cc2)C=C1c1ccccc1S(=O)(=O)N(C)C. The second-order valence-electron chi connectivity index (χ2n) is 7.71. The van der Waals surface area contributed by atoms with E-state index in [9.17, 15) is 16.8 Å². The number of nitrogens with zero attached hydrogens (tertiary/aromatic N) is 2. The number of rotatable bonds is 7. The quantitative estimate of drug-likeness (QED) is 0.595. The van der Waals surface area contributed by atoms with Gasteiger partial charge in [0.25, 0.3) is 10.0 Å². The van der Waals surface area contributed by atoms with Crippen molar-refractivity contribution in [2.24, 2.45) is 0 Å². The molecular weight excluding hydrogens is 458 g/mol. The van der Waals surface area contributed by atoms with E-state index >= 15 is 0 Å². The summed E-state index contributed by atoms with van der Waals surface area (Å²) in [5.74, 6) is -0.230. The number of amidine groups is 1. The van der Waals surface area contributed by atoms with E-state index in [4.69, 9.17) is 5.41 Å². The van der Waals surface area contributed by atoms with E-state index in [1.165, 1.54) is 38.5 Å². The maximum absolute atomic E-state index is 13.4. The van der Waals surface area contributed by atoms with Crippen molar-refractivity contribution in [3.63, 3.8) is 0 Å². The van der Waals surface area contributed by atoms with Gasteiger partial charge in [0.15, 0.2) is 0 Å². The highest BCUT2D eigenvalue weighted by molar-refractivity contribution is 7.90. The molecule has 0 unspecified atom stereocenters. The molecule has 0 saturated heterocycles. The number of aryl methyl sites for hydroxylation is 1. The van der Waals surface area contributed by atoms with Gasteiger partial charge in [-0.2, -0.15) is 0 Å². The van der Waals surface area contributed by atoms with Crippen molar-refractivity contribution in [3.05, 3.63) is 89.7 Å². The molecule has 7 nitrogen and oxygen atoms in total. The number of benzene rings is 2. The third-order valence-corrected chi connectivity index (χ3v) is 8.77. The van der Waals surface area contributed by atoms with Crippen LogP contribution in [0.4, 0.5) is 0 Å². The van der Waals surface area contributed by atoms with E-state index in [0.717, 1.165) is 14.2 Å². The molecule has 0 spiro atoms. The minimum absolute atomic E-state index is 0.0422. The van der Waals surface area contributed by atoms with Crippen LogP contribution in [0.1, 0.15) is 24.5 Å². The van der Waals surface area contributed by atoms with E-state index < -0.39 is 20.0 Å². The summed E-state index contributed by atoms with van der Waals surface area (Å²) in [4.78, 5) is 0.0953. The third-order valence-electron chi connectivity index (χ3n) is 5.22. The van der Waals surface area contributed by atoms with Crippen LogP contribution < -0.4 is 0 Å². The van der Waals surface area contributed by atoms with Crippen LogP contribution in [0, 0.1) is 12.3 Å². The van der Waals surface area contributed by atoms with E-state index in [2.05, 4.69) is 0 Å². The fourth-order valence-corrected chi connectivity index (χ4v) is 5.75. The standard InChI is InChI=1S/C24H27N3O4S2/c1-5-6-7-11-21-22(20-10-8-9-12-23(20)33(30,31)26(3)4)17-27(24(21)25)32(28,29)19-15-13-18(2)14-16-19/h5-6,8-17,25H,7H2,1-4H3/b6-5-,21-11+,25-24?. The van der Waals surface area contributed by atoms with E-state index in [1.54, 1.807) is 36.4 Å². The Hall–Kier alpha value is -3.01. The Morgan fingerprint density at radius 1 is 1.00 bits per heavy atom. The average Bonchev–Trinajstić information content (AvgIpc) is 3.11. The third kappa shape index (κ3) is 4.71. The first kappa shape index (κ1) is 24.6. The number of allylic oxidation sites excluding steroid dienone is 3. The molecule has 0 atom stereocenters. The van der Waals surface area contributed by atoms with Gasteiger partial charge in [0.1, 0.15) is 5.84 Å². The van der Waals surface area contributed by atoms with Gasteiger partial charge in [-0.15, -0.1) is 0 Å². The second-order valence-corrected chi connectivity index (χ2v) is 11.6. The summed E-state index contributed by atoms with van der Waals surface area (Å²) < 4.78 is 54.7. The highest BCUT2D eigenvalue weighted by Gasteiger charge is 2.36. The summed E-state index contributed by atoms with van der Waals surface area (Å²) in [7, 11) is -4.99. The Morgan fingerprint density at radius 3 is 2.24 bits per heavy atom. The van der Waals surface area contributed by atoms with E-state index in [-0.39, 0.29) is 15.6 Å². The van der Waals surface area contributed by atoms with E-state index in [0.29, 0.717) is 23.1 Å². The van der Waals surface area contributed by atoms with Gasteiger partial charge in [-0.1, -0.05) is 54.1 Å². The van der Waals surface area contributed by atoms with Gasteiger partial charge in [0, 0.05) is 37.0 Å². The van der Waals surface area contributed by atoms with Crippen LogP contribution in [0.5, 0.6) is 0 Å². The molecule has 33 heavy (non-hydrogen) atoms. The van der Waals surface area contributed by atoms with Crippen LogP contribution in [-0.4, -0.2) is 45.4 Å². The van der Waals surface area contributed by atoms with Crippen molar-refractivity contribution in [2.45, 2.75) is 30.1 Å². The van der Waals surface area contributed by atoms with Crippen LogP contribution in [-0.2, 0) is 20.0 Å². The largest absolute Gasteiger partial charge is 0.283 e. The topological polar surface area (TPSA) is 98.6 Å². The predicted molar refractivity (Wildman–Crippen MR) is 131 cm³/mol. The zero-order chi connectivity index (χ0) is 24.4. The first-order chi connectivity index (χ1) is 15.5. The number of sulfonamides is 2. The monoisotopic (exact) mass is 485 g/mol. The Labute approximate surface area is 196 Å². The van der Waals surface area contributed by atoms with Gasteiger partial charge in [-0.3, -0.25) is 5.41 Å². The molecule has 1 N–H and O–H groups in total. The van der Waals surface area contributed by atoms with Crippen molar-refractivity contribution >= 4 is 31.5 Å². The van der Waals surface area contributed by atoms with Crippen molar-refractivity contribution in [2.75, 3.05) is 14.1 Å². The van der Waals surface area contributed by atoms with Crippen LogP contribution in [0.25, 0.3) is 5.57 Å². The fourth-order valence-electron chi connectivity index (χ4n) is 3.37. The van der Waals surface area contributed by atoms with E-state index in [1.807, 2.05) is 26.0 Å². The minimum atomic E-state index is -4.06. The summed E-state index contributed by atoms with van der Waals surface area (Å²) in [5.41, 5.74) is 1.96. The lowest BCUT2D eigenvalue weighted by Crippen LogP contribution is -2.29. The van der Waals surface area contributed by atoms with Gasteiger partial charge in [-0.05, 0) is 38.5 Å². The fraction of sp³-hybridized carbons (Fsp3) is 0.208. The van der Waals surface area contributed by atoms with Crippen molar-refractivity contribution in [1.82, 2.24) is 8.61 Å². The lowest BCUT2D eigenvalue weighted by molar-refractivity contribution is 0.520. The summed E-state index contributed by atoms with van der Waals surface area (Å²) in [6.07, 6.45) is 7.26. The molecule has 1 aliphatic rings. The maximum atomic E-state index is 13.4. The van der Waals surface area contributed by atoms with Gasteiger partial charge in [0.2, 0.25) is 10.0 Å². The molecule has 0 saturated carbocycles. The Morgan fingerprint density at radius 2 is 1.64 bits per heavy atom. The molecule has 3 rings (SSSR count). The number of nitrogens with one attached hydrogen (secondary N) is 1. The van der Waals surface area contributed by atoms with Crippen molar-refractivity contribution in [1.29, 1.82) is 5.41 Å². The normalized spacial score (nSPS) is 16.3. The average molecular weight is 486 g/mol. The lowest BCUT2D eigenvalue weighted by atomic mass is 9.99. The van der Waals surface area contributed by atoms with Gasteiger partial charge in [-0.25, -0.2) is 25.4 Å². The molecular formula is C24H27N3O4S2. The summed E-state index contributed by atoms with van der Waals surface area (Å²) >= 11 is 0.